The second kappa shape index (κ2) is 9.34. The summed E-state index contributed by atoms with van der Waals surface area (Å²) >= 11 is 0. The Kier molecular flexibility index (Phi) is 11.0. The molecule has 1 unspecified atom stereocenters. The van der Waals surface area contributed by atoms with Gasteiger partial charge in [-0.05, 0) is 5.92 Å². The molecule has 0 aromatic carbocycles. The number of carbonyl (C=O) groups is 2. The number of rotatable bonds is 4. The van der Waals surface area contributed by atoms with Gasteiger partial charge < -0.3 is 4.79 Å². The molecule has 0 aromatic heterocycles. The topological polar surface area (TPSA) is 34.1 Å². The highest BCUT2D eigenvalue weighted by molar-refractivity contribution is 5.78. The SMILES string of the molecule is C=O.CCC(=O)CC(C)CC. The maximum atomic E-state index is 10.8. The van der Waals surface area contributed by atoms with Crippen molar-refractivity contribution in [1.82, 2.24) is 0 Å². The monoisotopic (exact) mass is 158 g/mol. The normalized spacial score (nSPS) is 11.2. The first-order valence-electron chi connectivity index (χ1n) is 4.01. The standard InChI is InChI=1S/C8H16O.CH2O/c1-4-7(3)6-8(9)5-2;1-2/h7H,4-6H2,1-3H3;1H2. The molecule has 0 spiro atoms. The van der Waals surface area contributed by atoms with Gasteiger partial charge in [0.05, 0.1) is 0 Å². The summed E-state index contributed by atoms with van der Waals surface area (Å²) in [5.41, 5.74) is 0. The van der Waals surface area contributed by atoms with Gasteiger partial charge in [-0.15, -0.1) is 0 Å². The fourth-order valence-corrected chi connectivity index (χ4v) is 0.677. The van der Waals surface area contributed by atoms with Crippen LogP contribution >= 0.6 is 0 Å². The molecule has 0 saturated heterocycles. The lowest BCUT2D eigenvalue weighted by molar-refractivity contribution is -0.119. The van der Waals surface area contributed by atoms with E-state index in [4.69, 9.17) is 4.79 Å². The van der Waals surface area contributed by atoms with Crippen molar-refractivity contribution >= 4 is 12.6 Å². The molecule has 0 aliphatic carbocycles. The highest BCUT2D eigenvalue weighted by atomic mass is 16.1. The van der Waals surface area contributed by atoms with Crippen molar-refractivity contribution in [3.05, 3.63) is 0 Å². The number of carbonyl (C=O) groups excluding carboxylic acids is 2. The minimum atomic E-state index is 0.393. The van der Waals surface area contributed by atoms with E-state index in [0.717, 1.165) is 12.8 Å². The zero-order valence-electron chi connectivity index (χ0n) is 7.72. The van der Waals surface area contributed by atoms with Crippen LogP contribution in [0.5, 0.6) is 0 Å². The van der Waals surface area contributed by atoms with Gasteiger partial charge in [-0.3, -0.25) is 4.79 Å². The second-order valence-electron chi connectivity index (χ2n) is 2.61. The minimum absolute atomic E-state index is 0.393. The number of Topliss-reactive ketones (excluding diaryl/α,β-unsaturated/α-hetero) is 1. The zero-order valence-corrected chi connectivity index (χ0v) is 7.72. The van der Waals surface area contributed by atoms with Gasteiger partial charge in [0.15, 0.2) is 0 Å². The summed E-state index contributed by atoms with van der Waals surface area (Å²) in [4.78, 5) is 18.8. The predicted octanol–water partition coefficient (Wildman–Crippen LogP) is 2.22. The van der Waals surface area contributed by atoms with Gasteiger partial charge in [0.1, 0.15) is 12.6 Å². The number of hydrogen-bond acceptors (Lipinski definition) is 2. The van der Waals surface area contributed by atoms with Crippen LogP contribution in [-0.4, -0.2) is 12.6 Å². The van der Waals surface area contributed by atoms with Crippen LogP contribution in [0.25, 0.3) is 0 Å². The van der Waals surface area contributed by atoms with Crippen LogP contribution in [0.4, 0.5) is 0 Å². The van der Waals surface area contributed by atoms with Crippen LogP contribution in [0.15, 0.2) is 0 Å². The summed E-state index contributed by atoms with van der Waals surface area (Å²) in [6.07, 6.45) is 2.59. The molecule has 0 heterocycles. The predicted molar refractivity (Wildman–Crippen MR) is 46.5 cm³/mol. The zero-order chi connectivity index (χ0) is 9.28. The average Bonchev–Trinajstić information content (AvgIpc) is 2.07. The Morgan fingerprint density at radius 1 is 1.36 bits per heavy atom. The summed E-state index contributed by atoms with van der Waals surface area (Å²) in [5.74, 6) is 0.974. The molecule has 66 valence electrons. The van der Waals surface area contributed by atoms with Crippen molar-refractivity contribution in [1.29, 1.82) is 0 Å². The molecule has 2 nitrogen and oxygen atoms in total. The van der Waals surface area contributed by atoms with E-state index in [9.17, 15) is 4.79 Å². The van der Waals surface area contributed by atoms with Crippen LogP contribution in [0, 0.1) is 5.92 Å². The molecular formula is C9H18O2. The molecule has 0 bridgehead atoms. The molecule has 1 atom stereocenters. The van der Waals surface area contributed by atoms with Crippen molar-refractivity contribution in [2.45, 2.75) is 40.0 Å². The van der Waals surface area contributed by atoms with E-state index in [1.165, 1.54) is 0 Å². The number of hydrogen-bond donors (Lipinski definition) is 0. The lowest BCUT2D eigenvalue weighted by Gasteiger charge is -2.03. The molecule has 2 heteroatoms. The third-order valence-corrected chi connectivity index (χ3v) is 1.67. The Hall–Kier alpha value is -0.660. The fraction of sp³-hybridized carbons (Fsp3) is 0.778. The van der Waals surface area contributed by atoms with Crippen LogP contribution < -0.4 is 0 Å². The molecule has 11 heavy (non-hydrogen) atoms. The van der Waals surface area contributed by atoms with Crippen molar-refractivity contribution in [2.75, 3.05) is 0 Å². The van der Waals surface area contributed by atoms with Gasteiger partial charge in [-0.25, -0.2) is 0 Å². The molecule has 0 aliphatic heterocycles. The second-order valence-corrected chi connectivity index (χ2v) is 2.61. The average molecular weight is 158 g/mol. The highest BCUT2D eigenvalue weighted by Crippen LogP contribution is 2.07. The van der Waals surface area contributed by atoms with Crippen molar-refractivity contribution in [3.63, 3.8) is 0 Å². The lowest BCUT2D eigenvalue weighted by atomic mass is 10.0. The first kappa shape index (κ1) is 13.0. The summed E-state index contributed by atoms with van der Waals surface area (Å²) in [6, 6.07) is 0. The Morgan fingerprint density at radius 2 is 1.82 bits per heavy atom. The van der Waals surface area contributed by atoms with E-state index in [0.29, 0.717) is 18.1 Å². The third kappa shape index (κ3) is 9.34. The highest BCUT2D eigenvalue weighted by Gasteiger charge is 2.03. The van der Waals surface area contributed by atoms with E-state index < -0.39 is 0 Å². The van der Waals surface area contributed by atoms with Crippen molar-refractivity contribution in [3.8, 4) is 0 Å². The maximum absolute atomic E-state index is 10.8. The van der Waals surface area contributed by atoms with E-state index in [1.54, 1.807) is 0 Å². The summed E-state index contributed by atoms with van der Waals surface area (Å²) in [5, 5.41) is 0. The quantitative estimate of drug-likeness (QED) is 0.628. The van der Waals surface area contributed by atoms with Crippen LogP contribution in [0.2, 0.25) is 0 Å². The first-order chi connectivity index (χ1) is 5.20. The molecule has 0 N–H and O–H groups in total. The Balaban J connectivity index is 0. The Morgan fingerprint density at radius 3 is 2.09 bits per heavy atom. The van der Waals surface area contributed by atoms with Crippen molar-refractivity contribution in [2.24, 2.45) is 5.92 Å². The molecule has 0 fully saturated rings. The summed E-state index contributed by atoms with van der Waals surface area (Å²) < 4.78 is 0. The minimum Gasteiger partial charge on any atom is -0.307 e. The van der Waals surface area contributed by atoms with Gasteiger partial charge in [-0.2, -0.15) is 0 Å². The molecule has 0 aliphatic rings. The molecule has 0 rings (SSSR count). The van der Waals surface area contributed by atoms with Gasteiger partial charge in [0, 0.05) is 12.8 Å². The maximum Gasteiger partial charge on any atom is 0.132 e. The molecule has 0 amide bonds. The van der Waals surface area contributed by atoms with Crippen LogP contribution in [0.3, 0.4) is 0 Å². The van der Waals surface area contributed by atoms with Gasteiger partial charge in [0.25, 0.3) is 0 Å². The molecule has 0 saturated carbocycles. The van der Waals surface area contributed by atoms with Gasteiger partial charge in [-0.1, -0.05) is 27.2 Å². The fourth-order valence-electron chi connectivity index (χ4n) is 0.677. The molecular weight excluding hydrogens is 140 g/mol. The van der Waals surface area contributed by atoms with Crippen molar-refractivity contribution < 1.29 is 9.59 Å². The van der Waals surface area contributed by atoms with E-state index >= 15 is 0 Å². The van der Waals surface area contributed by atoms with E-state index in [-0.39, 0.29) is 0 Å². The smallest absolute Gasteiger partial charge is 0.132 e. The largest absolute Gasteiger partial charge is 0.307 e. The summed E-state index contributed by atoms with van der Waals surface area (Å²) in [7, 11) is 0. The first-order valence-corrected chi connectivity index (χ1v) is 4.01. The Bertz CT molecular complexity index is 99.7. The van der Waals surface area contributed by atoms with Gasteiger partial charge in [0.2, 0.25) is 0 Å². The van der Waals surface area contributed by atoms with E-state index in [1.807, 2.05) is 13.7 Å². The third-order valence-electron chi connectivity index (χ3n) is 1.67. The summed E-state index contributed by atoms with van der Waals surface area (Å²) in [6.45, 7) is 8.16. The van der Waals surface area contributed by atoms with Crippen LogP contribution in [0.1, 0.15) is 40.0 Å². The Labute approximate surface area is 69.0 Å². The van der Waals surface area contributed by atoms with Crippen LogP contribution in [-0.2, 0) is 9.59 Å². The molecule has 0 radical (unpaired) electrons. The molecule has 0 aromatic rings. The van der Waals surface area contributed by atoms with E-state index in [2.05, 4.69) is 13.8 Å². The lowest BCUT2D eigenvalue weighted by Crippen LogP contribution is -2.02. The number of ketones is 1. The van der Waals surface area contributed by atoms with Gasteiger partial charge >= 0.3 is 0 Å².